The Labute approximate surface area is 119 Å². The van der Waals surface area contributed by atoms with E-state index in [1.807, 2.05) is 37.4 Å². The molecule has 0 saturated heterocycles. The van der Waals surface area contributed by atoms with Gasteiger partial charge in [-0.25, -0.2) is 0 Å². The van der Waals surface area contributed by atoms with Crippen molar-refractivity contribution in [3.63, 3.8) is 0 Å². The van der Waals surface area contributed by atoms with E-state index in [2.05, 4.69) is 10.3 Å². The van der Waals surface area contributed by atoms with E-state index in [1.165, 1.54) is 0 Å². The van der Waals surface area contributed by atoms with Gasteiger partial charge >= 0.3 is 0 Å². The van der Waals surface area contributed by atoms with Crippen molar-refractivity contribution in [2.75, 3.05) is 26.8 Å². The van der Waals surface area contributed by atoms with Crippen LogP contribution in [0.25, 0.3) is 10.8 Å². The van der Waals surface area contributed by atoms with Crippen LogP contribution in [0.15, 0.2) is 36.7 Å². The van der Waals surface area contributed by atoms with E-state index in [1.54, 1.807) is 13.3 Å². The largest absolute Gasteiger partial charge is 0.385 e. The van der Waals surface area contributed by atoms with Crippen LogP contribution in [-0.2, 0) is 10.3 Å². The lowest BCUT2D eigenvalue weighted by Crippen LogP contribution is -2.29. The molecular weight excluding hydrogens is 252 g/mol. The number of aliphatic hydroxyl groups is 1. The van der Waals surface area contributed by atoms with Crippen molar-refractivity contribution in [2.45, 2.75) is 18.9 Å². The van der Waals surface area contributed by atoms with Crippen molar-refractivity contribution in [1.29, 1.82) is 0 Å². The van der Waals surface area contributed by atoms with Crippen molar-refractivity contribution >= 4 is 10.8 Å². The second-order valence-corrected chi connectivity index (χ2v) is 5.17. The van der Waals surface area contributed by atoms with E-state index >= 15 is 0 Å². The molecular formula is C16H22N2O2. The second-order valence-electron chi connectivity index (χ2n) is 5.17. The molecule has 2 N–H and O–H groups in total. The fourth-order valence-electron chi connectivity index (χ4n) is 2.35. The van der Waals surface area contributed by atoms with Gasteiger partial charge in [0.1, 0.15) is 0 Å². The fourth-order valence-corrected chi connectivity index (χ4v) is 2.35. The monoisotopic (exact) mass is 274 g/mol. The van der Waals surface area contributed by atoms with Gasteiger partial charge in [-0.1, -0.05) is 18.2 Å². The number of hydrogen-bond acceptors (Lipinski definition) is 4. The lowest BCUT2D eigenvalue weighted by molar-refractivity contribution is 0.0490. The van der Waals surface area contributed by atoms with Crippen molar-refractivity contribution in [3.05, 3.63) is 42.2 Å². The summed E-state index contributed by atoms with van der Waals surface area (Å²) in [5, 5.41) is 16.1. The Morgan fingerprint density at radius 1 is 1.30 bits per heavy atom. The molecule has 0 saturated carbocycles. The van der Waals surface area contributed by atoms with Gasteiger partial charge < -0.3 is 15.2 Å². The standard InChI is InChI=1S/C16H22N2O2/c1-16(19,7-9-17-10-11-20-2)15-5-3-4-13-6-8-18-12-14(13)15/h3-6,8,12,17,19H,7,9-11H2,1-2H3. The average Bonchev–Trinajstić information content (AvgIpc) is 2.46. The molecule has 0 spiro atoms. The van der Waals surface area contributed by atoms with Crippen molar-refractivity contribution in [2.24, 2.45) is 0 Å². The Morgan fingerprint density at radius 3 is 2.95 bits per heavy atom. The maximum atomic E-state index is 10.7. The quantitative estimate of drug-likeness (QED) is 0.759. The summed E-state index contributed by atoms with van der Waals surface area (Å²) in [6.45, 7) is 4.07. The number of fused-ring (bicyclic) bond motifs is 1. The van der Waals surface area contributed by atoms with Crippen LogP contribution in [0.1, 0.15) is 18.9 Å². The molecule has 1 atom stereocenters. The SMILES string of the molecule is COCCNCCC(C)(O)c1cccc2ccncc12. The molecule has 0 aliphatic rings. The van der Waals surface area contributed by atoms with Gasteiger partial charge in [0, 0.05) is 31.4 Å². The van der Waals surface area contributed by atoms with Gasteiger partial charge in [-0.15, -0.1) is 0 Å². The lowest BCUT2D eigenvalue weighted by atomic mass is 9.89. The lowest BCUT2D eigenvalue weighted by Gasteiger charge is -2.25. The summed E-state index contributed by atoms with van der Waals surface area (Å²) in [7, 11) is 1.68. The number of pyridine rings is 1. The maximum absolute atomic E-state index is 10.7. The molecule has 0 radical (unpaired) electrons. The molecule has 0 bridgehead atoms. The van der Waals surface area contributed by atoms with E-state index in [0.29, 0.717) is 13.0 Å². The summed E-state index contributed by atoms with van der Waals surface area (Å²) in [5.74, 6) is 0. The Balaban J connectivity index is 2.11. The molecule has 1 aromatic carbocycles. The van der Waals surface area contributed by atoms with E-state index in [-0.39, 0.29) is 0 Å². The Morgan fingerprint density at radius 2 is 2.15 bits per heavy atom. The van der Waals surface area contributed by atoms with E-state index in [0.717, 1.165) is 29.4 Å². The minimum atomic E-state index is -0.872. The summed E-state index contributed by atoms with van der Waals surface area (Å²) >= 11 is 0. The third kappa shape index (κ3) is 3.54. The minimum Gasteiger partial charge on any atom is -0.385 e. The van der Waals surface area contributed by atoms with Gasteiger partial charge in [0.2, 0.25) is 0 Å². The Hall–Kier alpha value is -1.49. The molecule has 0 amide bonds. The van der Waals surface area contributed by atoms with Crippen molar-refractivity contribution < 1.29 is 9.84 Å². The Bertz CT molecular complexity index is 550. The molecule has 0 aliphatic heterocycles. The van der Waals surface area contributed by atoms with Crippen molar-refractivity contribution in [3.8, 4) is 0 Å². The van der Waals surface area contributed by atoms with Crippen LogP contribution in [0.4, 0.5) is 0 Å². The van der Waals surface area contributed by atoms with Crippen LogP contribution in [0, 0.1) is 0 Å². The van der Waals surface area contributed by atoms with Gasteiger partial charge in [-0.05, 0) is 36.9 Å². The zero-order valence-electron chi connectivity index (χ0n) is 12.1. The molecule has 0 fully saturated rings. The molecule has 2 aromatic rings. The predicted octanol–water partition coefficient (Wildman–Crippen LogP) is 2.07. The smallest absolute Gasteiger partial charge is 0.0887 e. The first-order valence-electron chi connectivity index (χ1n) is 6.90. The summed E-state index contributed by atoms with van der Waals surface area (Å²) in [4.78, 5) is 4.16. The van der Waals surface area contributed by atoms with Gasteiger partial charge in [-0.3, -0.25) is 4.98 Å². The van der Waals surface area contributed by atoms with Gasteiger partial charge in [0.05, 0.1) is 12.2 Å². The van der Waals surface area contributed by atoms with E-state index < -0.39 is 5.60 Å². The van der Waals surface area contributed by atoms with Gasteiger partial charge in [0.25, 0.3) is 0 Å². The van der Waals surface area contributed by atoms with Crippen LogP contribution in [0.2, 0.25) is 0 Å². The average molecular weight is 274 g/mol. The molecule has 1 heterocycles. The van der Waals surface area contributed by atoms with Crippen LogP contribution in [0.3, 0.4) is 0 Å². The molecule has 4 heteroatoms. The molecule has 4 nitrogen and oxygen atoms in total. The zero-order valence-corrected chi connectivity index (χ0v) is 12.1. The van der Waals surface area contributed by atoms with Crippen molar-refractivity contribution in [1.82, 2.24) is 10.3 Å². The van der Waals surface area contributed by atoms with Crippen LogP contribution in [0.5, 0.6) is 0 Å². The van der Waals surface area contributed by atoms with Crippen LogP contribution >= 0.6 is 0 Å². The summed E-state index contributed by atoms with van der Waals surface area (Å²) in [6.07, 6.45) is 4.23. The van der Waals surface area contributed by atoms with Gasteiger partial charge in [-0.2, -0.15) is 0 Å². The number of rotatable bonds is 7. The zero-order chi connectivity index (χ0) is 14.4. The summed E-state index contributed by atoms with van der Waals surface area (Å²) in [6, 6.07) is 7.95. The molecule has 2 rings (SSSR count). The number of methoxy groups -OCH3 is 1. The minimum absolute atomic E-state index is 0.644. The third-order valence-corrected chi connectivity index (χ3v) is 3.54. The summed E-state index contributed by atoms with van der Waals surface area (Å²) in [5.41, 5.74) is 0.0550. The highest BCUT2D eigenvalue weighted by atomic mass is 16.5. The first-order valence-corrected chi connectivity index (χ1v) is 6.90. The number of aromatic nitrogens is 1. The first-order chi connectivity index (χ1) is 9.65. The van der Waals surface area contributed by atoms with Crippen LogP contribution in [-0.4, -0.2) is 36.9 Å². The highest BCUT2D eigenvalue weighted by Gasteiger charge is 2.24. The van der Waals surface area contributed by atoms with Crippen LogP contribution < -0.4 is 5.32 Å². The molecule has 0 aliphatic carbocycles. The van der Waals surface area contributed by atoms with E-state index in [9.17, 15) is 5.11 Å². The van der Waals surface area contributed by atoms with E-state index in [4.69, 9.17) is 4.74 Å². The molecule has 1 aromatic heterocycles. The number of nitrogens with zero attached hydrogens (tertiary/aromatic N) is 1. The second kappa shape index (κ2) is 6.79. The first kappa shape index (κ1) is 14.9. The Kier molecular flexibility index (Phi) is 5.06. The third-order valence-electron chi connectivity index (χ3n) is 3.54. The highest BCUT2D eigenvalue weighted by Crippen LogP contribution is 2.30. The van der Waals surface area contributed by atoms with Gasteiger partial charge in [0.15, 0.2) is 0 Å². The molecule has 1 unspecified atom stereocenters. The maximum Gasteiger partial charge on any atom is 0.0887 e. The fraction of sp³-hybridized carbons (Fsp3) is 0.438. The molecule has 20 heavy (non-hydrogen) atoms. The highest BCUT2D eigenvalue weighted by molar-refractivity contribution is 5.85. The number of nitrogens with one attached hydrogen (secondary N) is 1. The number of hydrogen-bond donors (Lipinski definition) is 2. The number of benzene rings is 1. The normalized spacial score (nSPS) is 14.3. The molecule has 108 valence electrons. The predicted molar refractivity (Wildman–Crippen MR) is 80.7 cm³/mol. The summed E-state index contributed by atoms with van der Waals surface area (Å²) < 4.78 is 4.98. The number of ether oxygens (including phenoxy) is 1. The topological polar surface area (TPSA) is 54.4 Å².